The van der Waals surface area contributed by atoms with E-state index < -0.39 is 11.9 Å². The van der Waals surface area contributed by atoms with Crippen LogP contribution in [0.5, 0.6) is 0 Å². The quantitative estimate of drug-likeness (QED) is 0.204. The number of methoxy groups -OCH3 is 1. The maximum atomic E-state index is 11.8. The Morgan fingerprint density at radius 1 is 0.765 bits per heavy atom. The van der Waals surface area contributed by atoms with Crippen LogP contribution in [-0.2, 0) is 28.5 Å². The third kappa shape index (κ3) is 16.2. The van der Waals surface area contributed by atoms with Gasteiger partial charge >= 0.3 is 11.9 Å². The number of carbonyl (C=O) groups is 2. The molecule has 0 aromatic heterocycles. The van der Waals surface area contributed by atoms with Crippen molar-refractivity contribution in [3.63, 3.8) is 0 Å². The van der Waals surface area contributed by atoms with E-state index in [-0.39, 0.29) is 57.5 Å². The molecule has 34 heavy (non-hydrogen) atoms. The Labute approximate surface area is 210 Å². The van der Waals surface area contributed by atoms with Crippen molar-refractivity contribution in [1.82, 2.24) is 0 Å². The van der Waals surface area contributed by atoms with E-state index in [0.29, 0.717) is 6.10 Å². The lowest BCUT2D eigenvalue weighted by Crippen LogP contribution is -2.27. The Bertz CT molecular complexity index is 671. The minimum absolute atomic E-state index is 0. The zero-order valence-corrected chi connectivity index (χ0v) is 16.5. The first-order chi connectivity index (χ1) is 13.6. The van der Waals surface area contributed by atoms with Crippen LogP contribution in [0.15, 0.2) is 36.4 Å². The van der Waals surface area contributed by atoms with Gasteiger partial charge in [0.25, 0.3) is 0 Å². The van der Waals surface area contributed by atoms with E-state index in [0.717, 1.165) is 43.4 Å². The van der Waals surface area contributed by atoms with Gasteiger partial charge in [-0.3, -0.25) is 0 Å². The molecule has 1 aliphatic rings. The van der Waals surface area contributed by atoms with Crippen LogP contribution in [0.25, 0.3) is 12.2 Å². The number of carbonyl (C=O) groups excluding carboxylic acids is 2. The molecule has 0 aliphatic heterocycles. The van der Waals surface area contributed by atoms with E-state index in [1.807, 2.05) is 31.2 Å². The van der Waals surface area contributed by atoms with Gasteiger partial charge in [-0.1, -0.05) is 68.8 Å². The van der Waals surface area contributed by atoms with Gasteiger partial charge in [0.05, 0.1) is 19.3 Å². The summed E-state index contributed by atoms with van der Waals surface area (Å²) < 4.78 is 20.9. The normalized spacial score (nSPS) is 16.3. The van der Waals surface area contributed by atoms with Crippen LogP contribution in [0.4, 0.5) is 0 Å². The fourth-order valence-electron chi connectivity index (χ4n) is 2.95. The molecule has 0 heterocycles. The standard InChI is InChI=1S/C22H28O6.6CH4/c1-3-26-19-10-12-20(13-11-19)27-16-28-22(24)15-9-18-6-4-17(5-7-18)8-14-21(23)25-2;;;;;;/h4-9,14-15,19-20H,3,10-13,16H2,1-2H3;6*1H4. The maximum absolute atomic E-state index is 11.8. The smallest absolute Gasteiger partial charge is 0.332 e. The number of rotatable bonds is 9. The molecule has 0 N–H and O–H groups in total. The topological polar surface area (TPSA) is 71.1 Å². The second kappa shape index (κ2) is 23.7. The van der Waals surface area contributed by atoms with Gasteiger partial charge in [-0.25, -0.2) is 9.59 Å². The van der Waals surface area contributed by atoms with Gasteiger partial charge in [-0.15, -0.1) is 0 Å². The average molecular weight is 485 g/mol. The molecule has 1 fully saturated rings. The third-order valence-electron chi connectivity index (χ3n) is 4.49. The number of esters is 2. The van der Waals surface area contributed by atoms with Crippen LogP contribution in [0, 0.1) is 0 Å². The molecule has 0 atom stereocenters. The summed E-state index contributed by atoms with van der Waals surface area (Å²) in [6, 6.07) is 7.36. The summed E-state index contributed by atoms with van der Waals surface area (Å²) in [5.74, 6) is -0.853. The largest absolute Gasteiger partial charge is 0.466 e. The molecule has 0 unspecified atom stereocenters. The van der Waals surface area contributed by atoms with Crippen molar-refractivity contribution in [3.05, 3.63) is 47.5 Å². The van der Waals surface area contributed by atoms with E-state index >= 15 is 0 Å². The van der Waals surface area contributed by atoms with Gasteiger partial charge in [0.2, 0.25) is 0 Å². The molecule has 0 amide bonds. The molecule has 1 aliphatic carbocycles. The van der Waals surface area contributed by atoms with E-state index in [1.54, 1.807) is 12.2 Å². The fourth-order valence-corrected chi connectivity index (χ4v) is 2.95. The van der Waals surface area contributed by atoms with E-state index in [9.17, 15) is 9.59 Å². The van der Waals surface area contributed by atoms with Crippen LogP contribution in [-0.4, -0.2) is 44.7 Å². The van der Waals surface area contributed by atoms with Crippen molar-refractivity contribution in [2.24, 2.45) is 0 Å². The van der Waals surface area contributed by atoms with Crippen LogP contribution in [0.2, 0.25) is 0 Å². The van der Waals surface area contributed by atoms with Crippen LogP contribution in [0.1, 0.15) is 88.3 Å². The van der Waals surface area contributed by atoms with Crippen molar-refractivity contribution in [2.75, 3.05) is 20.5 Å². The molecule has 2 rings (SSSR count). The molecule has 0 spiro atoms. The van der Waals surface area contributed by atoms with E-state index in [1.165, 1.54) is 19.3 Å². The van der Waals surface area contributed by atoms with Crippen molar-refractivity contribution >= 4 is 24.1 Å². The molecule has 1 aromatic carbocycles. The van der Waals surface area contributed by atoms with Crippen molar-refractivity contribution in [3.8, 4) is 0 Å². The summed E-state index contributed by atoms with van der Waals surface area (Å²) in [5.41, 5.74) is 1.71. The SMILES string of the molecule is C.C.C.C.C.C.CCOC1CCC(OCOC(=O)C=Cc2ccc(C=CC(=O)OC)cc2)CC1. The fraction of sp³-hybridized carbons (Fsp3) is 0.571. The molecule has 6 nitrogen and oxygen atoms in total. The Morgan fingerprint density at radius 3 is 1.59 bits per heavy atom. The van der Waals surface area contributed by atoms with Gasteiger partial charge in [-0.2, -0.15) is 0 Å². The van der Waals surface area contributed by atoms with Gasteiger partial charge in [0.15, 0.2) is 6.79 Å². The highest BCUT2D eigenvalue weighted by Gasteiger charge is 2.21. The molecular weight excluding hydrogens is 432 g/mol. The predicted octanol–water partition coefficient (Wildman–Crippen LogP) is 7.57. The van der Waals surface area contributed by atoms with Gasteiger partial charge in [0.1, 0.15) is 0 Å². The second-order valence-corrected chi connectivity index (χ2v) is 6.46. The van der Waals surface area contributed by atoms with E-state index in [2.05, 4.69) is 4.74 Å². The van der Waals surface area contributed by atoms with Crippen molar-refractivity contribution in [1.29, 1.82) is 0 Å². The van der Waals surface area contributed by atoms with Crippen LogP contribution in [0.3, 0.4) is 0 Å². The number of ether oxygens (including phenoxy) is 4. The first-order valence-electron chi connectivity index (χ1n) is 9.55. The summed E-state index contributed by atoms with van der Waals surface area (Å²) in [7, 11) is 1.33. The monoisotopic (exact) mass is 484 g/mol. The summed E-state index contributed by atoms with van der Waals surface area (Å²) in [5, 5.41) is 0. The maximum Gasteiger partial charge on any atom is 0.332 e. The van der Waals surface area contributed by atoms with E-state index in [4.69, 9.17) is 14.2 Å². The lowest BCUT2D eigenvalue weighted by molar-refractivity contribution is -0.157. The molecular formula is C28H52O6. The Kier molecular flexibility index (Phi) is 29.1. The zero-order valence-electron chi connectivity index (χ0n) is 16.5. The minimum Gasteiger partial charge on any atom is -0.466 e. The highest BCUT2D eigenvalue weighted by molar-refractivity contribution is 5.88. The third-order valence-corrected chi connectivity index (χ3v) is 4.49. The summed E-state index contributed by atoms with van der Waals surface area (Å²) >= 11 is 0. The summed E-state index contributed by atoms with van der Waals surface area (Å²) in [6.45, 7) is 2.71. The van der Waals surface area contributed by atoms with Gasteiger partial charge in [0, 0.05) is 18.8 Å². The Morgan fingerprint density at radius 2 is 1.18 bits per heavy atom. The molecule has 6 heteroatoms. The molecule has 0 saturated heterocycles. The minimum atomic E-state index is -0.447. The highest BCUT2D eigenvalue weighted by atomic mass is 16.7. The lowest BCUT2D eigenvalue weighted by Gasteiger charge is -2.27. The Balaban J connectivity index is -0.000000467. The molecule has 0 radical (unpaired) electrons. The van der Waals surface area contributed by atoms with Crippen LogP contribution < -0.4 is 0 Å². The molecule has 200 valence electrons. The average Bonchev–Trinajstić information content (AvgIpc) is 2.72. The molecule has 0 bridgehead atoms. The first-order valence-corrected chi connectivity index (χ1v) is 9.55. The van der Waals surface area contributed by atoms with Gasteiger partial charge in [-0.05, 0) is 55.9 Å². The first kappa shape index (κ1) is 41.8. The van der Waals surface area contributed by atoms with Crippen LogP contribution >= 0.6 is 0 Å². The lowest BCUT2D eigenvalue weighted by atomic mass is 9.95. The second-order valence-electron chi connectivity index (χ2n) is 6.46. The summed E-state index contributed by atoms with van der Waals surface area (Å²) in [4.78, 5) is 22.9. The number of hydrogen-bond donors (Lipinski definition) is 0. The molecule has 1 aromatic rings. The van der Waals surface area contributed by atoms with Crippen molar-refractivity contribution < 1.29 is 28.5 Å². The van der Waals surface area contributed by atoms with Gasteiger partial charge < -0.3 is 18.9 Å². The number of benzene rings is 1. The highest BCUT2D eigenvalue weighted by Crippen LogP contribution is 2.23. The Hall–Kier alpha value is -2.44. The number of hydrogen-bond acceptors (Lipinski definition) is 6. The molecule has 1 saturated carbocycles. The van der Waals surface area contributed by atoms with Crippen molar-refractivity contribution in [2.45, 2.75) is 89.4 Å². The summed E-state index contributed by atoms with van der Waals surface area (Å²) in [6.07, 6.45) is 10.3. The predicted molar refractivity (Wildman–Crippen MR) is 147 cm³/mol. The zero-order chi connectivity index (χ0) is 20.2.